The number of amides is 1. The third kappa shape index (κ3) is 7.77. The summed E-state index contributed by atoms with van der Waals surface area (Å²) in [6.07, 6.45) is -4.52. The molecule has 35 heavy (non-hydrogen) atoms. The highest BCUT2D eigenvalue weighted by Crippen LogP contribution is 2.29. The van der Waals surface area contributed by atoms with Crippen LogP contribution >= 0.6 is 11.3 Å². The number of nitrogens with zero attached hydrogens (tertiary/aromatic N) is 1. The fourth-order valence-electron chi connectivity index (χ4n) is 3.14. The summed E-state index contributed by atoms with van der Waals surface area (Å²) in [6.45, 7) is 5.58. The number of carbonyl (C=O) groups is 1. The Kier molecular flexibility index (Phi) is 8.18. The van der Waals surface area contributed by atoms with Crippen LogP contribution in [0.2, 0.25) is 0 Å². The molecule has 0 aliphatic heterocycles. The maximum atomic E-state index is 12.9. The van der Waals surface area contributed by atoms with Crippen LogP contribution < -0.4 is 14.8 Å². The summed E-state index contributed by atoms with van der Waals surface area (Å²) in [6, 6.07) is 10.4. The van der Waals surface area contributed by atoms with Gasteiger partial charge in [0.2, 0.25) is 15.9 Å². The van der Waals surface area contributed by atoms with Gasteiger partial charge in [0.25, 0.3) is 0 Å². The molecule has 3 aromatic rings. The number of benzene rings is 2. The molecule has 0 bridgehead atoms. The number of sulfonamides is 1. The molecule has 0 fully saturated rings. The quantitative estimate of drug-likeness (QED) is 0.391. The summed E-state index contributed by atoms with van der Waals surface area (Å²) in [5, 5.41) is 4.49. The highest BCUT2D eigenvalue weighted by molar-refractivity contribution is 7.89. The lowest BCUT2D eigenvalue weighted by Gasteiger charge is -2.19. The number of aromatic nitrogens is 1. The number of nitrogens with one attached hydrogen (secondary N) is 2. The first-order chi connectivity index (χ1) is 16.3. The van der Waals surface area contributed by atoms with Crippen molar-refractivity contribution >= 4 is 32.4 Å². The van der Waals surface area contributed by atoms with E-state index in [0.717, 1.165) is 16.9 Å². The van der Waals surface area contributed by atoms with Crippen LogP contribution in [0.15, 0.2) is 58.8 Å². The molecule has 0 saturated carbocycles. The van der Waals surface area contributed by atoms with Crippen LogP contribution in [0.3, 0.4) is 0 Å². The van der Waals surface area contributed by atoms with Gasteiger partial charge in [-0.25, -0.2) is 13.4 Å². The van der Waals surface area contributed by atoms with Gasteiger partial charge in [-0.2, -0.15) is 4.72 Å². The molecule has 2 aromatic carbocycles. The van der Waals surface area contributed by atoms with Gasteiger partial charge in [0.05, 0.1) is 10.6 Å². The van der Waals surface area contributed by atoms with E-state index < -0.39 is 28.3 Å². The van der Waals surface area contributed by atoms with E-state index in [1.54, 1.807) is 17.5 Å². The molecule has 0 saturated heterocycles. The van der Waals surface area contributed by atoms with Crippen LogP contribution in [0.1, 0.15) is 25.8 Å². The summed E-state index contributed by atoms with van der Waals surface area (Å²) in [7, 11) is -3.93. The Morgan fingerprint density at radius 1 is 1.09 bits per heavy atom. The van der Waals surface area contributed by atoms with Gasteiger partial charge in [-0.1, -0.05) is 31.5 Å². The topological polar surface area (TPSA) is 97.4 Å². The summed E-state index contributed by atoms with van der Waals surface area (Å²) in [5.41, 5.74) is 1.86. The van der Waals surface area contributed by atoms with Crippen molar-refractivity contribution in [2.75, 3.05) is 5.32 Å². The summed E-state index contributed by atoms with van der Waals surface area (Å²) < 4.78 is 69.0. The molecule has 3 rings (SSSR count). The van der Waals surface area contributed by atoms with Crippen molar-refractivity contribution in [1.82, 2.24) is 9.71 Å². The Labute approximate surface area is 205 Å². The van der Waals surface area contributed by atoms with E-state index in [2.05, 4.69) is 19.8 Å². The van der Waals surface area contributed by atoms with E-state index in [4.69, 9.17) is 0 Å². The van der Waals surface area contributed by atoms with Crippen LogP contribution in [0.4, 0.5) is 18.3 Å². The Bertz CT molecular complexity index is 1260. The number of hydrogen-bond donors (Lipinski definition) is 2. The normalized spacial score (nSPS) is 13.0. The van der Waals surface area contributed by atoms with Gasteiger partial charge in [0.1, 0.15) is 11.8 Å². The maximum absolute atomic E-state index is 12.9. The smallest absolute Gasteiger partial charge is 0.406 e. The van der Waals surface area contributed by atoms with E-state index in [1.807, 2.05) is 20.8 Å². The molecule has 0 spiro atoms. The van der Waals surface area contributed by atoms with Gasteiger partial charge in [0.15, 0.2) is 5.13 Å². The predicted octanol–water partition coefficient (Wildman–Crippen LogP) is 5.35. The van der Waals surface area contributed by atoms with E-state index in [1.165, 1.54) is 36.4 Å². The molecule has 0 radical (unpaired) electrons. The fraction of sp³-hybridized carbons (Fsp3) is 0.304. The van der Waals surface area contributed by atoms with Crippen molar-refractivity contribution in [3.8, 4) is 17.0 Å². The van der Waals surface area contributed by atoms with E-state index >= 15 is 0 Å². The van der Waals surface area contributed by atoms with Crippen LogP contribution in [0.5, 0.6) is 5.75 Å². The minimum atomic E-state index is -4.78. The summed E-state index contributed by atoms with van der Waals surface area (Å²) >= 11 is 1.11. The first kappa shape index (κ1) is 26.6. The molecule has 1 atom stereocenters. The SMILES string of the molecule is Cc1ccc(S(=O)(=O)N[C@@H](CC(C)C)C(=O)Nc2nc(-c3ccc(OC(F)(F)F)cc3)cs2)cc1. The average Bonchev–Trinajstić information content (AvgIpc) is 3.21. The standard InChI is InChI=1S/C23H24F3N3O4S2/c1-14(2)12-19(29-35(31,32)18-10-4-15(3)5-11-18)21(30)28-22-27-20(13-34-22)16-6-8-17(9-7-16)33-23(24,25)26/h4-11,13-14,19,29H,12H2,1-3H3,(H,27,28,30)/t19-/m0/s1. The molecule has 0 aliphatic rings. The minimum Gasteiger partial charge on any atom is -0.406 e. The molecule has 1 heterocycles. The molecule has 188 valence electrons. The zero-order valence-electron chi connectivity index (χ0n) is 19.1. The molecular formula is C23H24F3N3O4S2. The highest BCUT2D eigenvalue weighted by Gasteiger charge is 2.31. The van der Waals surface area contributed by atoms with E-state index in [-0.39, 0.29) is 28.1 Å². The first-order valence-electron chi connectivity index (χ1n) is 10.5. The molecular weight excluding hydrogens is 503 g/mol. The van der Waals surface area contributed by atoms with Crippen LogP contribution in [0.25, 0.3) is 11.3 Å². The number of thiazole rings is 1. The van der Waals surface area contributed by atoms with Gasteiger partial charge in [-0.05, 0) is 55.7 Å². The van der Waals surface area contributed by atoms with Crippen LogP contribution in [-0.4, -0.2) is 31.7 Å². The van der Waals surface area contributed by atoms with Gasteiger partial charge >= 0.3 is 6.36 Å². The lowest BCUT2D eigenvalue weighted by atomic mass is 10.0. The number of rotatable bonds is 9. The lowest BCUT2D eigenvalue weighted by molar-refractivity contribution is -0.274. The largest absolute Gasteiger partial charge is 0.573 e. The summed E-state index contributed by atoms with van der Waals surface area (Å²) in [5.74, 6) is -0.901. The van der Waals surface area contributed by atoms with Crippen LogP contribution in [0, 0.1) is 12.8 Å². The number of halogens is 3. The number of carbonyl (C=O) groups excluding carboxylic acids is 1. The molecule has 12 heteroatoms. The summed E-state index contributed by atoms with van der Waals surface area (Å²) in [4.78, 5) is 17.3. The van der Waals surface area contributed by atoms with Gasteiger partial charge in [0, 0.05) is 10.9 Å². The molecule has 2 N–H and O–H groups in total. The number of ether oxygens (including phenoxy) is 1. The zero-order valence-corrected chi connectivity index (χ0v) is 20.7. The predicted molar refractivity (Wildman–Crippen MR) is 128 cm³/mol. The van der Waals surface area contributed by atoms with Crippen molar-refractivity contribution < 1.29 is 31.1 Å². The fourth-order valence-corrected chi connectivity index (χ4v) is 5.07. The van der Waals surface area contributed by atoms with Gasteiger partial charge in [-0.3, -0.25) is 4.79 Å². The van der Waals surface area contributed by atoms with E-state index in [9.17, 15) is 26.4 Å². The van der Waals surface area contributed by atoms with Crippen molar-refractivity contribution in [2.24, 2.45) is 5.92 Å². The van der Waals surface area contributed by atoms with Gasteiger partial charge in [-0.15, -0.1) is 24.5 Å². The van der Waals surface area contributed by atoms with Crippen LogP contribution in [-0.2, 0) is 14.8 Å². The zero-order chi connectivity index (χ0) is 25.8. The number of anilines is 1. The Morgan fingerprint density at radius 3 is 2.29 bits per heavy atom. The number of aryl methyl sites for hydroxylation is 1. The third-order valence-corrected chi connectivity index (χ3v) is 7.02. The molecule has 0 unspecified atom stereocenters. The van der Waals surface area contributed by atoms with Crippen molar-refractivity contribution in [3.05, 3.63) is 59.5 Å². The van der Waals surface area contributed by atoms with E-state index in [0.29, 0.717) is 11.3 Å². The number of hydrogen-bond acceptors (Lipinski definition) is 6. The second kappa shape index (κ2) is 10.8. The molecule has 1 amide bonds. The van der Waals surface area contributed by atoms with Crippen molar-refractivity contribution in [3.63, 3.8) is 0 Å². The minimum absolute atomic E-state index is 0.0238. The average molecular weight is 528 g/mol. The van der Waals surface area contributed by atoms with Crippen molar-refractivity contribution in [2.45, 2.75) is 44.5 Å². The third-order valence-electron chi connectivity index (χ3n) is 4.77. The highest BCUT2D eigenvalue weighted by atomic mass is 32.2. The second-order valence-corrected chi connectivity index (χ2v) is 10.8. The second-order valence-electron chi connectivity index (χ2n) is 8.22. The molecule has 1 aromatic heterocycles. The number of alkyl halides is 3. The first-order valence-corrected chi connectivity index (χ1v) is 12.9. The lowest BCUT2D eigenvalue weighted by Crippen LogP contribution is -2.44. The maximum Gasteiger partial charge on any atom is 0.573 e. The molecule has 7 nitrogen and oxygen atoms in total. The monoisotopic (exact) mass is 527 g/mol. The van der Waals surface area contributed by atoms with Crippen molar-refractivity contribution in [1.29, 1.82) is 0 Å². The van der Waals surface area contributed by atoms with Gasteiger partial charge < -0.3 is 10.1 Å². The molecule has 0 aliphatic carbocycles. The Hall–Kier alpha value is -2.96. The Morgan fingerprint density at radius 2 is 1.71 bits per heavy atom. The Balaban J connectivity index is 1.72.